The van der Waals surface area contributed by atoms with Crippen molar-refractivity contribution in [2.75, 3.05) is 0 Å². The van der Waals surface area contributed by atoms with Gasteiger partial charge in [0, 0.05) is 18.3 Å². The summed E-state index contributed by atoms with van der Waals surface area (Å²) < 4.78 is 0. The Hall–Kier alpha value is -2.12. The van der Waals surface area contributed by atoms with Gasteiger partial charge in [-0.05, 0) is 6.92 Å². The quantitative estimate of drug-likeness (QED) is 0.344. The molecule has 0 aromatic heterocycles. The van der Waals surface area contributed by atoms with Gasteiger partial charge in [0.1, 0.15) is 0 Å². The number of hydrazone groups is 2. The summed E-state index contributed by atoms with van der Waals surface area (Å²) >= 11 is 0. The van der Waals surface area contributed by atoms with Gasteiger partial charge in [-0.3, -0.25) is 0 Å². The van der Waals surface area contributed by atoms with E-state index in [1.54, 1.807) is 6.92 Å². The maximum absolute atomic E-state index is 10.2. The number of carbonyl (C=O) groups excluding carboxylic acids is 2. The third-order valence-electron chi connectivity index (χ3n) is 1.01. The van der Waals surface area contributed by atoms with Crippen LogP contribution >= 0.6 is 0 Å². The maximum Gasteiger partial charge on any atom is 0.332 e. The lowest BCUT2D eigenvalue weighted by Gasteiger charge is -1.95. The molecular formula is C6H12N6O2. The monoisotopic (exact) mass is 200 g/mol. The number of primary amides is 2. The number of rotatable bonds is 4. The molecule has 0 aliphatic carbocycles. The predicted molar refractivity (Wildman–Crippen MR) is 51.7 cm³/mol. The van der Waals surface area contributed by atoms with E-state index in [9.17, 15) is 9.59 Å². The van der Waals surface area contributed by atoms with Crippen molar-refractivity contribution in [2.45, 2.75) is 13.3 Å². The highest BCUT2D eigenvalue weighted by Crippen LogP contribution is 1.80. The molecule has 0 heterocycles. The first kappa shape index (κ1) is 11.9. The molecule has 6 N–H and O–H groups in total. The highest BCUT2D eigenvalue weighted by Gasteiger charge is 1.90. The van der Waals surface area contributed by atoms with Crippen LogP contribution in [0.25, 0.3) is 0 Å². The summed E-state index contributed by atoms with van der Waals surface area (Å²) in [5.41, 5.74) is 14.1. The summed E-state index contributed by atoms with van der Waals surface area (Å²) in [5, 5.41) is 7.06. The maximum atomic E-state index is 10.2. The Bertz CT molecular complexity index is 271. The Kier molecular flexibility index (Phi) is 5.43. The minimum absolute atomic E-state index is 0.362. The van der Waals surface area contributed by atoms with E-state index in [-0.39, 0.29) is 0 Å². The van der Waals surface area contributed by atoms with Gasteiger partial charge in [0.05, 0.1) is 0 Å². The fourth-order valence-electron chi connectivity index (χ4n) is 0.483. The zero-order chi connectivity index (χ0) is 11.0. The number of amides is 4. The molecule has 4 amide bonds. The number of nitrogens with one attached hydrogen (secondary N) is 2. The summed E-state index contributed by atoms with van der Waals surface area (Å²) in [5.74, 6) is 0. The van der Waals surface area contributed by atoms with Crippen LogP contribution in [0.15, 0.2) is 10.2 Å². The van der Waals surface area contributed by atoms with E-state index < -0.39 is 12.1 Å². The van der Waals surface area contributed by atoms with E-state index in [4.69, 9.17) is 11.5 Å². The highest BCUT2D eigenvalue weighted by molar-refractivity contribution is 5.94. The van der Waals surface area contributed by atoms with Crippen LogP contribution < -0.4 is 22.3 Å². The third kappa shape index (κ3) is 7.98. The van der Waals surface area contributed by atoms with Gasteiger partial charge in [0.15, 0.2) is 0 Å². The lowest BCUT2D eigenvalue weighted by atomic mass is 10.3. The Morgan fingerprint density at radius 3 is 2.36 bits per heavy atom. The van der Waals surface area contributed by atoms with E-state index in [1.807, 2.05) is 10.9 Å². The fourth-order valence-corrected chi connectivity index (χ4v) is 0.483. The number of nitrogens with zero attached hydrogens (tertiary/aromatic N) is 2. The molecule has 0 aromatic rings. The smallest absolute Gasteiger partial charge is 0.332 e. The molecule has 0 unspecified atom stereocenters. The molecule has 0 fully saturated rings. The van der Waals surface area contributed by atoms with Crippen LogP contribution in [0.5, 0.6) is 0 Å². The SMILES string of the molecule is CC(CC=NNC(N)=O)=NNC(N)=O. The Morgan fingerprint density at radius 1 is 1.29 bits per heavy atom. The second kappa shape index (κ2) is 6.40. The Labute approximate surface area is 80.4 Å². The van der Waals surface area contributed by atoms with E-state index in [2.05, 4.69) is 10.2 Å². The first-order valence-corrected chi connectivity index (χ1v) is 3.68. The van der Waals surface area contributed by atoms with Crippen molar-refractivity contribution in [1.82, 2.24) is 10.9 Å². The molecule has 78 valence electrons. The molecule has 0 spiro atoms. The van der Waals surface area contributed by atoms with Crippen LogP contribution in [0, 0.1) is 0 Å². The van der Waals surface area contributed by atoms with Crippen molar-refractivity contribution >= 4 is 24.0 Å². The number of hydrogen-bond acceptors (Lipinski definition) is 4. The van der Waals surface area contributed by atoms with E-state index in [0.29, 0.717) is 12.1 Å². The molecule has 8 heteroatoms. The molecule has 0 radical (unpaired) electrons. The van der Waals surface area contributed by atoms with Crippen molar-refractivity contribution in [3.63, 3.8) is 0 Å². The lowest BCUT2D eigenvalue weighted by molar-refractivity contribution is 0.248. The van der Waals surface area contributed by atoms with Crippen LogP contribution in [-0.2, 0) is 0 Å². The van der Waals surface area contributed by atoms with Gasteiger partial charge < -0.3 is 11.5 Å². The van der Waals surface area contributed by atoms with Gasteiger partial charge in [-0.15, -0.1) is 0 Å². The summed E-state index contributed by atoms with van der Waals surface area (Å²) in [6.45, 7) is 1.66. The summed E-state index contributed by atoms with van der Waals surface area (Å²) in [4.78, 5) is 20.4. The number of urea groups is 2. The van der Waals surface area contributed by atoms with E-state index >= 15 is 0 Å². The molecule has 0 atom stereocenters. The molecular weight excluding hydrogens is 188 g/mol. The van der Waals surface area contributed by atoms with Crippen LogP contribution in [0.2, 0.25) is 0 Å². The van der Waals surface area contributed by atoms with Crippen molar-refractivity contribution in [2.24, 2.45) is 21.7 Å². The van der Waals surface area contributed by atoms with Crippen molar-refractivity contribution < 1.29 is 9.59 Å². The molecule has 0 aliphatic rings. The van der Waals surface area contributed by atoms with Gasteiger partial charge in [0.2, 0.25) is 0 Å². The second-order valence-corrected chi connectivity index (χ2v) is 2.31. The summed E-state index contributed by atoms with van der Waals surface area (Å²) in [6, 6.07) is -1.48. The standard InChI is InChI=1S/C6H12N6O2/c1-4(10-12-6(8)14)2-3-9-11-5(7)13/h3H,2H2,1H3,(H3,7,11,13)(H3,8,12,14). The largest absolute Gasteiger partial charge is 0.350 e. The fraction of sp³-hybridized carbons (Fsp3) is 0.333. The van der Waals surface area contributed by atoms with Crippen LogP contribution in [0.4, 0.5) is 9.59 Å². The average Bonchev–Trinajstić information content (AvgIpc) is 2.08. The van der Waals surface area contributed by atoms with Gasteiger partial charge in [-0.2, -0.15) is 10.2 Å². The molecule has 0 bridgehead atoms. The third-order valence-corrected chi connectivity index (χ3v) is 1.01. The molecule has 0 aliphatic heterocycles. The van der Waals surface area contributed by atoms with Gasteiger partial charge in [0.25, 0.3) is 0 Å². The second-order valence-electron chi connectivity index (χ2n) is 2.31. The molecule has 8 nitrogen and oxygen atoms in total. The van der Waals surface area contributed by atoms with Crippen molar-refractivity contribution in [1.29, 1.82) is 0 Å². The minimum Gasteiger partial charge on any atom is -0.350 e. The average molecular weight is 200 g/mol. The number of carbonyl (C=O) groups is 2. The molecule has 0 aromatic carbocycles. The van der Waals surface area contributed by atoms with Gasteiger partial charge in [-0.1, -0.05) is 0 Å². The van der Waals surface area contributed by atoms with Crippen LogP contribution in [0.3, 0.4) is 0 Å². The Balaban J connectivity index is 3.77. The zero-order valence-electron chi connectivity index (χ0n) is 7.65. The summed E-state index contributed by atoms with van der Waals surface area (Å²) in [6.07, 6.45) is 1.74. The molecule has 14 heavy (non-hydrogen) atoms. The highest BCUT2D eigenvalue weighted by atomic mass is 16.2. The number of nitrogens with two attached hydrogens (primary N) is 2. The zero-order valence-corrected chi connectivity index (χ0v) is 7.65. The normalized spacial score (nSPS) is 11.4. The Morgan fingerprint density at radius 2 is 1.86 bits per heavy atom. The van der Waals surface area contributed by atoms with Gasteiger partial charge >= 0.3 is 12.1 Å². The molecule has 0 rings (SSSR count). The van der Waals surface area contributed by atoms with Crippen LogP contribution in [0.1, 0.15) is 13.3 Å². The first-order valence-electron chi connectivity index (χ1n) is 3.68. The predicted octanol–water partition coefficient (Wildman–Crippen LogP) is -0.925. The lowest BCUT2D eigenvalue weighted by Crippen LogP contribution is -2.25. The van der Waals surface area contributed by atoms with Crippen LogP contribution in [-0.4, -0.2) is 24.0 Å². The molecule has 0 saturated carbocycles. The minimum atomic E-state index is -0.744. The number of hydrogen-bond donors (Lipinski definition) is 4. The van der Waals surface area contributed by atoms with E-state index in [0.717, 1.165) is 0 Å². The molecule has 0 saturated heterocycles. The van der Waals surface area contributed by atoms with Gasteiger partial charge in [-0.25, -0.2) is 20.4 Å². The first-order chi connectivity index (χ1) is 6.52. The van der Waals surface area contributed by atoms with E-state index in [1.165, 1.54) is 6.21 Å². The summed E-state index contributed by atoms with van der Waals surface area (Å²) in [7, 11) is 0. The van der Waals surface area contributed by atoms with Crippen molar-refractivity contribution in [3.8, 4) is 0 Å². The topological polar surface area (TPSA) is 135 Å². The van der Waals surface area contributed by atoms with Crippen molar-refractivity contribution in [3.05, 3.63) is 0 Å².